The number of carbonyl (C=O) groups is 1. The zero-order valence-electron chi connectivity index (χ0n) is 38.7. The van der Waals surface area contributed by atoms with Crippen molar-refractivity contribution >= 4 is 63.7 Å². The number of rotatable bonds is 16. The molecule has 2 aliphatic carbocycles. The zero-order chi connectivity index (χ0) is 47.0. The third kappa shape index (κ3) is 10.5. The molecule has 4 heterocycles. The van der Waals surface area contributed by atoms with Crippen LogP contribution in [0.25, 0.3) is 11.0 Å². The number of likely N-dealkylation sites (tertiary alicyclic amines) is 1. The van der Waals surface area contributed by atoms with E-state index in [0.717, 1.165) is 99.5 Å². The second-order valence-corrected chi connectivity index (χ2v) is 27.6. The Balaban J connectivity index is 0.944. The molecule has 2 N–H and O–H groups in total. The standard InChI is InChI=1S/C49H61ClN8O7SSi/c1-54-31-35-25-37(54)24-34(35)29-51-44-15-13-39(28-46(44)58(60)61)66(62,63)53-49(59)42-14-12-36(55-18-20-56(21-19-55)45-11-6-5-8-40-41(45)9-7-10-43(40)50)27-47(42)65-38-26-33-16-17-57(48(33)52-30-38)32-64-22-23-67(2,3)4/h7,9-10,12-17,26-28,30,34-35,37,45,51H,5-6,8,11,18-25,29,31-32H2,1-4H3,(H,53,59)/t34?,35?,37?,45-/m1/s1. The molecule has 3 unspecified atom stereocenters. The minimum absolute atomic E-state index is 0.0318. The van der Waals surface area contributed by atoms with E-state index in [1.54, 1.807) is 24.4 Å². The number of hydrogen-bond acceptors (Lipinski definition) is 12. The van der Waals surface area contributed by atoms with Gasteiger partial charge in [-0.05, 0) is 111 Å². The molecule has 2 saturated heterocycles. The van der Waals surface area contributed by atoms with Crippen LogP contribution in [0.5, 0.6) is 11.5 Å². The van der Waals surface area contributed by atoms with E-state index in [4.69, 9.17) is 26.1 Å². The second kappa shape index (κ2) is 19.5. The Kier molecular flexibility index (Phi) is 13.7. The van der Waals surface area contributed by atoms with Crippen molar-refractivity contribution in [2.24, 2.45) is 11.8 Å². The third-order valence-electron chi connectivity index (χ3n) is 14.2. The van der Waals surface area contributed by atoms with Gasteiger partial charge in [0.25, 0.3) is 21.6 Å². The van der Waals surface area contributed by atoms with E-state index in [2.05, 4.69) is 57.5 Å². The number of benzene rings is 3. The van der Waals surface area contributed by atoms with Gasteiger partial charge in [-0.3, -0.25) is 19.8 Å². The van der Waals surface area contributed by atoms with Gasteiger partial charge in [-0.2, -0.15) is 0 Å². The molecule has 0 radical (unpaired) electrons. The summed E-state index contributed by atoms with van der Waals surface area (Å²) in [6, 6.07) is 20.7. The maximum absolute atomic E-state index is 14.1. The molecule has 5 aromatic rings. The first-order chi connectivity index (χ1) is 32.1. The second-order valence-electron chi connectivity index (χ2n) is 19.9. The van der Waals surface area contributed by atoms with Crippen LogP contribution in [0.15, 0.2) is 84.0 Å². The highest BCUT2D eigenvalue weighted by Gasteiger charge is 2.42. The van der Waals surface area contributed by atoms with Crippen molar-refractivity contribution in [2.45, 2.75) is 87.9 Å². The van der Waals surface area contributed by atoms with E-state index in [-0.39, 0.29) is 28.7 Å². The summed E-state index contributed by atoms with van der Waals surface area (Å²) in [7, 11) is -3.69. The average Bonchev–Trinajstić information content (AvgIpc) is 3.95. The normalized spacial score (nSPS) is 21.3. The highest BCUT2D eigenvalue weighted by molar-refractivity contribution is 7.90. The van der Waals surface area contributed by atoms with Crippen LogP contribution in [-0.4, -0.2) is 106 Å². The molecule has 0 spiro atoms. The molecule has 2 aliphatic heterocycles. The van der Waals surface area contributed by atoms with Crippen molar-refractivity contribution < 1.29 is 27.6 Å². The Bertz CT molecular complexity index is 2760. The number of piperazine rings is 1. The van der Waals surface area contributed by atoms with Crippen molar-refractivity contribution in [1.82, 2.24) is 24.1 Å². The summed E-state index contributed by atoms with van der Waals surface area (Å²) in [5.41, 5.74) is 3.91. The Labute approximate surface area is 399 Å². The zero-order valence-corrected chi connectivity index (χ0v) is 41.3. The summed E-state index contributed by atoms with van der Waals surface area (Å²) in [5, 5.41) is 17.1. The quantitative estimate of drug-likeness (QED) is 0.0317. The number of nitro benzene ring substituents is 1. The number of halogens is 1. The van der Waals surface area contributed by atoms with Gasteiger partial charge in [0.05, 0.1) is 21.6 Å². The number of aromatic nitrogens is 2. The molecule has 67 heavy (non-hydrogen) atoms. The number of nitrogens with zero attached hydrogens (tertiary/aromatic N) is 6. The lowest BCUT2D eigenvalue weighted by Gasteiger charge is -2.40. The van der Waals surface area contributed by atoms with Crippen molar-refractivity contribution in [3.63, 3.8) is 0 Å². The molecule has 1 saturated carbocycles. The molecule has 356 valence electrons. The Hall–Kier alpha value is -5.04. The highest BCUT2D eigenvalue weighted by Crippen LogP contribution is 2.42. The lowest BCUT2D eigenvalue weighted by atomic mass is 9.94. The van der Waals surface area contributed by atoms with Crippen LogP contribution in [0.4, 0.5) is 17.1 Å². The van der Waals surface area contributed by atoms with Crippen LogP contribution in [-0.2, 0) is 27.9 Å². The number of piperidine rings is 1. The molecule has 9 rings (SSSR count). The molecule has 3 aromatic carbocycles. The fraction of sp³-hybridized carbons (Fsp3) is 0.469. The number of hydrogen-bond donors (Lipinski definition) is 2. The van der Waals surface area contributed by atoms with Gasteiger partial charge in [0.15, 0.2) is 0 Å². The Morgan fingerprint density at radius 3 is 2.58 bits per heavy atom. The topological polar surface area (TPSA) is 164 Å². The van der Waals surface area contributed by atoms with Crippen LogP contribution >= 0.6 is 11.6 Å². The van der Waals surface area contributed by atoms with Gasteiger partial charge in [-0.25, -0.2) is 18.1 Å². The molecule has 18 heteroatoms. The predicted molar refractivity (Wildman–Crippen MR) is 265 cm³/mol. The van der Waals surface area contributed by atoms with Gasteiger partial charge in [0, 0.05) is 100 Å². The van der Waals surface area contributed by atoms with E-state index in [0.29, 0.717) is 49.2 Å². The fourth-order valence-electron chi connectivity index (χ4n) is 10.5. The number of pyridine rings is 1. The van der Waals surface area contributed by atoms with Crippen LogP contribution in [0.3, 0.4) is 0 Å². The van der Waals surface area contributed by atoms with Crippen LogP contribution in [0.1, 0.15) is 59.6 Å². The number of fused-ring (bicyclic) bond motifs is 4. The SMILES string of the molecule is CN1CC2CC1CC2CNc1ccc(S(=O)(=O)NC(=O)c2ccc(N3CCN([C@@H]4CCCCc5c(Cl)cccc54)CC3)cc2Oc2cnc3c(ccn3COCC[Si](C)(C)C)c2)cc1[N+](=O)[O-]. The van der Waals surface area contributed by atoms with Crippen LogP contribution < -0.4 is 19.7 Å². The summed E-state index contributed by atoms with van der Waals surface area (Å²) in [4.78, 5) is 37.3. The lowest BCUT2D eigenvalue weighted by molar-refractivity contribution is -0.384. The number of sulfonamides is 1. The molecule has 4 aliphatic rings. The Morgan fingerprint density at radius 1 is 1.01 bits per heavy atom. The van der Waals surface area contributed by atoms with E-state index in [1.165, 1.54) is 23.3 Å². The summed E-state index contributed by atoms with van der Waals surface area (Å²) in [6.45, 7) is 12.6. The largest absolute Gasteiger partial charge is 0.455 e. The number of nitro groups is 1. The summed E-state index contributed by atoms with van der Waals surface area (Å²) < 4.78 is 44.3. The lowest BCUT2D eigenvalue weighted by Crippen LogP contribution is -2.47. The van der Waals surface area contributed by atoms with E-state index in [9.17, 15) is 23.3 Å². The van der Waals surface area contributed by atoms with Gasteiger partial charge in [0.1, 0.15) is 29.6 Å². The molecular weight excluding hydrogens is 908 g/mol. The maximum Gasteiger partial charge on any atom is 0.293 e. The number of anilines is 2. The fourth-order valence-corrected chi connectivity index (χ4v) is 12.5. The van der Waals surface area contributed by atoms with Gasteiger partial charge in [0.2, 0.25) is 0 Å². The molecule has 2 bridgehead atoms. The minimum atomic E-state index is -4.57. The third-order valence-corrected chi connectivity index (χ3v) is 17.6. The molecule has 15 nitrogen and oxygen atoms in total. The summed E-state index contributed by atoms with van der Waals surface area (Å²) >= 11 is 6.69. The summed E-state index contributed by atoms with van der Waals surface area (Å²) in [6.07, 6.45) is 9.92. The monoisotopic (exact) mass is 968 g/mol. The van der Waals surface area contributed by atoms with Crippen molar-refractivity contribution in [2.75, 3.05) is 63.1 Å². The van der Waals surface area contributed by atoms with Gasteiger partial charge in [-0.1, -0.05) is 49.8 Å². The average molecular weight is 970 g/mol. The first kappa shape index (κ1) is 47.0. The van der Waals surface area contributed by atoms with E-state index >= 15 is 0 Å². The highest BCUT2D eigenvalue weighted by atomic mass is 35.5. The first-order valence-corrected chi connectivity index (χ1v) is 29.1. The van der Waals surface area contributed by atoms with Crippen molar-refractivity contribution in [3.05, 3.63) is 111 Å². The van der Waals surface area contributed by atoms with E-state index in [1.807, 2.05) is 35.0 Å². The van der Waals surface area contributed by atoms with Crippen molar-refractivity contribution in [1.29, 1.82) is 0 Å². The number of carbonyl (C=O) groups excluding carboxylic acids is 1. The number of nitrogens with one attached hydrogen (secondary N) is 2. The molecule has 3 fully saturated rings. The Morgan fingerprint density at radius 2 is 1.84 bits per heavy atom. The molecule has 2 aromatic heterocycles. The number of ether oxygens (including phenoxy) is 2. The van der Waals surface area contributed by atoms with Crippen molar-refractivity contribution in [3.8, 4) is 11.5 Å². The van der Waals surface area contributed by atoms with Crippen LogP contribution in [0, 0.1) is 22.0 Å². The number of amides is 1. The molecule has 4 atom stereocenters. The first-order valence-electron chi connectivity index (χ1n) is 23.5. The molecular formula is C49H61ClN8O7SSi. The van der Waals surface area contributed by atoms with Gasteiger partial charge < -0.3 is 29.2 Å². The smallest absolute Gasteiger partial charge is 0.293 e. The maximum atomic E-state index is 14.1. The van der Waals surface area contributed by atoms with Crippen LogP contribution in [0.2, 0.25) is 30.7 Å². The predicted octanol–water partition coefficient (Wildman–Crippen LogP) is 9.16. The van der Waals surface area contributed by atoms with Gasteiger partial charge >= 0.3 is 0 Å². The minimum Gasteiger partial charge on any atom is -0.455 e. The van der Waals surface area contributed by atoms with E-state index < -0.39 is 33.8 Å². The van der Waals surface area contributed by atoms with Gasteiger partial charge in [-0.15, -0.1) is 0 Å². The summed E-state index contributed by atoms with van der Waals surface area (Å²) in [5.74, 6) is 0.440. The molecule has 1 amide bonds.